The predicted octanol–water partition coefficient (Wildman–Crippen LogP) is 10.9. The zero-order valence-electron chi connectivity index (χ0n) is 23.4. The lowest BCUT2D eigenvalue weighted by Gasteiger charge is -2.09. The van der Waals surface area contributed by atoms with Gasteiger partial charge >= 0.3 is 0 Å². The normalized spacial score (nSPS) is 14.7. The van der Waals surface area contributed by atoms with Crippen LogP contribution in [0.4, 0.5) is 0 Å². The molecule has 1 aliphatic heterocycles. The second-order valence-electron chi connectivity index (χ2n) is 10.4. The molecule has 0 fully saturated rings. The largest absolute Gasteiger partial charge is 0.479 e. The van der Waals surface area contributed by atoms with Crippen LogP contribution in [0.3, 0.4) is 0 Å². The summed E-state index contributed by atoms with van der Waals surface area (Å²) in [5, 5.41) is 0. The second kappa shape index (κ2) is 10.2. The van der Waals surface area contributed by atoms with Crippen molar-refractivity contribution in [2.45, 2.75) is 12.5 Å². The summed E-state index contributed by atoms with van der Waals surface area (Å²) in [6.07, 6.45) is 5.53. The molecule has 45 heavy (non-hydrogen) atoms. The SMILES string of the molecule is C1=C(c2ccc(-c3ccc(-c4ccc(-c5ccco5)o4)o3)o2)OC(c2ccc(-c3ccc(-c4ccc(-c5ccco5)o4)o3)o2)C1. The minimum atomic E-state index is -0.296. The number of ether oxygens (including phenoxy) is 1. The maximum atomic E-state index is 6.22. The summed E-state index contributed by atoms with van der Waals surface area (Å²) in [5.74, 6) is 9.14. The van der Waals surface area contributed by atoms with Gasteiger partial charge in [-0.2, -0.15) is 0 Å². The van der Waals surface area contributed by atoms with Crippen LogP contribution >= 0.6 is 0 Å². The fraction of sp³-hybridized carbons (Fsp3) is 0.0556. The first-order valence-electron chi connectivity index (χ1n) is 14.3. The molecule has 9 heteroatoms. The minimum absolute atomic E-state index is 0.296. The zero-order chi connectivity index (χ0) is 29.7. The van der Waals surface area contributed by atoms with Gasteiger partial charge in [0.15, 0.2) is 86.7 Å². The Hall–Kier alpha value is -6.22. The fourth-order valence-corrected chi connectivity index (χ4v) is 5.31. The van der Waals surface area contributed by atoms with Gasteiger partial charge in [0.1, 0.15) is 5.76 Å². The maximum Gasteiger partial charge on any atom is 0.170 e. The molecule has 0 spiro atoms. The van der Waals surface area contributed by atoms with Gasteiger partial charge in [0.2, 0.25) is 0 Å². The van der Waals surface area contributed by atoms with Crippen LogP contribution in [0.1, 0.15) is 24.0 Å². The van der Waals surface area contributed by atoms with Crippen molar-refractivity contribution in [2.75, 3.05) is 0 Å². The summed E-state index contributed by atoms with van der Waals surface area (Å²) in [6.45, 7) is 0. The standard InChI is InChI=1S/C36H22O9/c1-3-21(37-19-1)23-5-7-25(39-23)27-9-11-29(41-27)31-13-15-33(43-31)35-17-18-36(45-35)34-16-14-32(44-34)30-12-10-28(42-30)26-8-6-24(40-26)22-4-2-20-38-22/h1-17,19-20,36H,18H2. The molecule has 8 aromatic heterocycles. The minimum Gasteiger partial charge on any atom is -0.479 e. The molecule has 9 nitrogen and oxygen atoms in total. The number of rotatable bonds is 8. The van der Waals surface area contributed by atoms with E-state index in [0.29, 0.717) is 92.8 Å². The molecule has 0 aliphatic carbocycles. The van der Waals surface area contributed by atoms with E-state index in [4.69, 9.17) is 40.1 Å². The van der Waals surface area contributed by atoms with Crippen molar-refractivity contribution in [1.82, 2.24) is 0 Å². The Kier molecular flexibility index (Phi) is 5.73. The van der Waals surface area contributed by atoms with E-state index in [9.17, 15) is 0 Å². The molecule has 1 atom stereocenters. The monoisotopic (exact) mass is 598 g/mol. The molecule has 0 saturated heterocycles. The lowest BCUT2D eigenvalue weighted by atomic mass is 10.2. The molecular weight excluding hydrogens is 576 g/mol. The topological polar surface area (TPSA) is 114 Å². The first kappa shape index (κ1) is 25.3. The average molecular weight is 599 g/mol. The fourth-order valence-electron chi connectivity index (χ4n) is 5.31. The summed E-state index contributed by atoms with van der Waals surface area (Å²) in [5.41, 5.74) is 0. The first-order chi connectivity index (χ1) is 22.2. The van der Waals surface area contributed by atoms with Gasteiger partial charge in [-0.25, -0.2) is 0 Å². The van der Waals surface area contributed by atoms with Crippen molar-refractivity contribution in [1.29, 1.82) is 0 Å². The van der Waals surface area contributed by atoms with Gasteiger partial charge in [-0.05, 0) is 103 Å². The van der Waals surface area contributed by atoms with Gasteiger partial charge in [0, 0.05) is 6.42 Å². The van der Waals surface area contributed by atoms with E-state index in [0.717, 1.165) is 0 Å². The number of furan rings is 8. The summed E-state index contributed by atoms with van der Waals surface area (Å²) < 4.78 is 53.1. The summed E-state index contributed by atoms with van der Waals surface area (Å²) >= 11 is 0. The van der Waals surface area contributed by atoms with Crippen molar-refractivity contribution in [2.24, 2.45) is 0 Å². The van der Waals surface area contributed by atoms with Crippen molar-refractivity contribution >= 4 is 5.76 Å². The first-order valence-corrected chi connectivity index (χ1v) is 14.3. The molecule has 0 N–H and O–H groups in total. The second-order valence-corrected chi connectivity index (χ2v) is 10.4. The molecule has 0 amide bonds. The predicted molar refractivity (Wildman–Crippen MR) is 160 cm³/mol. The molecule has 8 aromatic rings. The van der Waals surface area contributed by atoms with Gasteiger partial charge in [0.05, 0.1) is 12.5 Å². The summed E-state index contributed by atoms with van der Waals surface area (Å²) in [6, 6.07) is 29.5. The molecule has 1 aliphatic rings. The van der Waals surface area contributed by atoms with Crippen molar-refractivity contribution in [3.05, 3.63) is 127 Å². The van der Waals surface area contributed by atoms with Crippen LogP contribution in [0.25, 0.3) is 74.9 Å². The van der Waals surface area contributed by atoms with E-state index in [1.54, 1.807) is 12.5 Å². The smallest absolute Gasteiger partial charge is 0.170 e. The van der Waals surface area contributed by atoms with Crippen molar-refractivity contribution < 1.29 is 40.1 Å². The highest BCUT2D eigenvalue weighted by molar-refractivity contribution is 5.65. The lowest BCUT2D eigenvalue weighted by molar-refractivity contribution is 0.163. The van der Waals surface area contributed by atoms with E-state index in [-0.39, 0.29) is 6.10 Å². The lowest BCUT2D eigenvalue weighted by Crippen LogP contribution is -1.94. The molecule has 9 rings (SSSR count). The van der Waals surface area contributed by atoms with E-state index in [2.05, 4.69) is 0 Å². The molecule has 0 aromatic carbocycles. The van der Waals surface area contributed by atoms with Gasteiger partial charge in [-0.3, -0.25) is 0 Å². The Morgan fingerprint density at radius 2 is 0.756 bits per heavy atom. The Labute approximate surface area is 254 Å². The Balaban J connectivity index is 0.865. The Morgan fingerprint density at radius 3 is 1.20 bits per heavy atom. The number of hydrogen-bond donors (Lipinski definition) is 0. The van der Waals surface area contributed by atoms with E-state index < -0.39 is 0 Å². The third-order valence-electron chi connectivity index (χ3n) is 7.50. The van der Waals surface area contributed by atoms with Crippen LogP contribution in [0, 0.1) is 0 Å². The van der Waals surface area contributed by atoms with E-state index >= 15 is 0 Å². The van der Waals surface area contributed by atoms with Crippen LogP contribution in [-0.2, 0) is 4.74 Å². The quantitative estimate of drug-likeness (QED) is 0.168. The number of hydrogen-bond acceptors (Lipinski definition) is 9. The molecule has 0 radical (unpaired) electrons. The molecular formula is C36H22O9. The third kappa shape index (κ3) is 4.58. The van der Waals surface area contributed by atoms with Gasteiger partial charge in [-0.1, -0.05) is 0 Å². The van der Waals surface area contributed by atoms with Crippen molar-refractivity contribution in [3.8, 4) is 69.1 Å². The molecule has 9 heterocycles. The highest BCUT2D eigenvalue weighted by Crippen LogP contribution is 2.41. The average Bonchev–Trinajstić information content (AvgIpc) is 3.94. The zero-order valence-corrected chi connectivity index (χ0v) is 23.4. The highest BCUT2D eigenvalue weighted by Gasteiger charge is 2.27. The maximum absolute atomic E-state index is 6.22. The van der Waals surface area contributed by atoms with Gasteiger partial charge in [-0.15, -0.1) is 0 Å². The Morgan fingerprint density at radius 1 is 0.378 bits per heavy atom. The molecule has 1 unspecified atom stereocenters. The molecule has 220 valence electrons. The van der Waals surface area contributed by atoms with E-state index in [1.807, 2.05) is 103 Å². The van der Waals surface area contributed by atoms with Crippen LogP contribution in [0.15, 0.2) is 151 Å². The third-order valence-corrected chi connectivity index (χ3v) is 7.50. The highest BCUT2D eigenvalue weighted by atomic mass is 16.5. The van der Waals surface area contributed by atoms with Crippen molar-refractivity contribution in [3.63, 3.8) is 0 Å². The summed E-state index contributed by atoms with van der Waals surface area (Å²) in [4.78, 5) is 0. The summed E-state index contributed by atoms with van der Waals surface area (Å²) in [7, 11) is 0. The van der Waals surface area contributed by atoms with Crippen LogP contribution in [0.5, 0.6) is 0 Å². The van der Waals surface area contributed by atoms with Crippen LogP contribution in [0.2, 0.25) is 0 Å². The van der Waals surface area contributed by atoms with Gasteiger partial charge < -0.3 is 40.1 Å². The van der Waals surface area contributed by atoms with Crippen LogP contribution in [-0.4, -0.2) is 0 Å². The van der Waals surface area contributed by atoms with Crippen LogP contribution < -0.4 is 0 Å². The van der Waals surface area contributed by atoms with E-state index in [1.165, 1.54) is 0 Å². The molecule has 0 bridgehead atoms. The molecule has 0 saturated carbocycles. The van der Waals surface area contributed by atoms with Gasteiger partial charge in [0.25, 0.3) is 0 Å². The Bertz CT molecular complexity index is 2230.